The molecule has 0 atom stereocenters. The third-order valence-corrected chi connectivity index (χ3v) is 5.96. The normalized spacial score (nSPS) is 15.7. The molecule has 0 spiro atoms. The average molecular weight is 371 g/mol. The molecule has 1 amide bonds. The van der Waals surface area contributed by atoms with Gasteiger partial charge in [-0.2, -0.15) is 0 Å². The zero-order chi connectivity index (χ0) is 18.1. The maximum Gasteiger partial charge on any atom is 0.270 e. The number of amides is 1. The van der Waals surface area contributed by atoms with Crippen LogP contribution in [-0.2, 0) is 6.54 Å². The van der Waals surface area contributed by atoms with E-state index < -0.39 is 0 Å². The van der Waals surface area contributed by atoms with Gasteiger partial charge < -0.3 is 14.4 Å². The molecular weight excluding hydrogens is 349 g/mol. The van der Waals surface area contributed by atoms with Crippen molar-refractivity contribution in [3.05, 3.63) is 58.9 Å². The van der Waals surface area contributed by atoms with E-state index in [1.165, 1.54) is 12.1 Å². The van der Waals surface area contributed by atoms with Crippen molar-refractivity contribution in [1.82, 2.24) is 14.4 Å². The molecule has 0 radical (unpaired) electrons. The van der Waals surface area contributed by atoms with Crippen molar-refractivity contribution in [1.29, 1.82) is 0 Å². The van der Waals surface area contributed by atoms with Crippen molar-refractivity contribution < 1.29 is 9.18 Å². The zero-order valence-electron chi connectivity index (χ0n) is 14.8. The molecule has 3 heterocycles. The van der Waals surface area contributed by atoms with Gasteiger partial charge in [0, 0.05) is 32.7 Å². The lowest BCUT2D eigenvalue weighted by Gasteiger charge is -2.34. The fourth-order valence-electron chi connectivity index (χ4n) is 3.53. The minimum absolute atomic E-state index is 0.0891. The van der Waals surface area contributed by atoms with Crippen molar-refractivity contribution in [3.63, 3.8) is 0 Å². The summed E-state index contributed by atoms with van der Waals surface area (Å²) in [5.74, 6) is -0.154. The molecule has 4 nitrogen and oxygen atoms in total. The molecule has 1 aliphatic rings. The molecule has 2 aromatic heterocycles. The second-order valence-electron chi connectivity index (χ2n) is 6.64. The summed E-state index contributed by atoms with van der Waals surface area (Å²) < 4.78 is 16.4. The number of hydrogen-bond acceptors (Lipinski definition) is 3. The SMILES string of the molecule is CCN1CCN(C(=O)c2cc3sccc3n2Cc2ccc(F)cc2)CC1. The first-order chi connectivity index (χ1) is 12.7. The number of aromatic nitrogens is 1. The number of halogens is 1. The molecule has 0 aliphatic carbocycles. The van der Waals surface area contributed by atoms with Crippen LogP contribution in [-0.4, -0.2) is 53.0 Å². The van der Waals surface area contributed by atoms with Crippen molar-refractivity contribution in [3.8, 4) is 0 Å². The number of thiophene rings is 1. The fourth-order valence-corrected chi connectivity index (χ4v) is 4.35. The Morgan fingerprint density at radius 1 is 1.12 bits per heavy atom. The van der Waals surface area contributed by atoms with E-state index >= 15 is 0 Å². The van der Waals surface area contributed by atoms with E-state index in [-0.39, 0.29) is 11.7 Å². The number of piperazine rings is 1. The average Bonchev–Trinajstić information content (AvgIpc) is 3.25. The predicted molar refractivity (Wildman–Crippen MR) is 103 cm³/mol. The molecule has 1 fully saturated rings. The monoisotopic (exact) mass is 371 g/mol. The minimum atomic E-state index is -0.243. The first kappa shape index (κ1) is 17.2. The summed E-state index contributed by atoms with van der Waals surface area (Å²) >= 11 is 1.64. The van der Waals surface area contributed by atoms with Crippen LogP contribution in [0.3, 0.4) is 0 Å². The van der Waals surface area contributed by atoms with Crippen LogP contribution in [0.4, 0.5) is 4.39 Å². The summed E-state index contributed by atoms with van der Waals surface area (Å²) in [4.78, 5) is 17.5. The molecule has 0 bridgehead atoms. The van der Waals surface area contributed by atoms with Crippen LogP contribution < -0.4 is 0 Å². The van der Waals surface area contributed by atoms with Gasteiger partial charge in [0.2, 0.25) is 0 Å². The van der Waals surface area contributed by atoms with Crippen LogP contribution in [0.25, 0.3) is 10.2 Å². The van der Waals surface area contributed by atoms with Gasteiger partial charge in [-0.25, -0.2) is 4.39 Å². The lowest BCUT2D eigenvalue weighted by molar-refractivity contribution is 0.0633. The van der Waals surface area contributed by atoms with E-state index in [2.05, 4.69) is 22.5 Å². The first-order valence-corrected chi connectivity index (χ1v) is 9.86. The van der Waals surface area contributed by atoms with Gasteiger partial charge in [0.05, 0.1) is 10.2 Å². The quantitative estimate of drug-likeness (QED) is 0.700. The molecule has 26 heavy (non-hydrogen) atoms. The van der Waals surface area contributed by atoms with Crippen molar-refractivity contribution in [2.24, 2.45) is 0 Å². The molecule has 0 unspecified atom stereocenters. The third kappa shape index (κ3) is 3.27. The number of nitrogens with zero attached hydrogens (tertiary/aromatic N) is 3. The van der Waals surface area contributed by atoms with Crippen LogP contribution in [0.1, 0.15) is 23.0 Å². The van der Waals surface area contributed by atoms with Crippen LogP contribution in [0.5, 0.6) is 0 Å². The maximum atomic E-state index is 13.2. The van der Waals surface area contributed by atoms with Crippen LogP contribution in [0.15, 0.2) is 41.8 Å². The predicted octanol–water partition coefficient (Wildman–Crippen LogP) is 3.67. The molecule has 1 aliphatic heterocycles. The number of rotatable bonds is 4. The van der Waals surface area contributed by atoms with E-state index in [1.54, 1.807) is 23.5 Å². The molecule has 3 aromatic rings. The summed E-state index contributed by atoms with van der Waals surface area (Å²) in [6, 6.07) is 10.5. The Labute approximate surface area is 156 Å². The molecule has 0 saturated carbocycles. The van der Waals surface area contributed by atoms with Gasteiger partial charge in [0.1, 0.15) is 11.5 Å². The first-order valence-electron chi connectivity index (χ1n) is 8.98. The lowest BCUT2D eigenvalue weighted by Crippen LogP contribution is -2.48. The highest BCUT2D eigenvalue weighted by atomic mass is 32.1. The summed E-state index contributed by atoms with van der Waals surface area (Å²) in [7, 11) is 0. The summed E-state index contributed by atoms with van der Waals surface area (Å²) in [5.41, 5.74) is 2.77. The number of likely N-dealkylation sites (N-methyl/N-ethyl adjacent to an activating group) is 1. The highest BCUT2D eigenvalue weighted by molar-refractivity contribution is 7.17. The van der Waals surface area contributed by atoms with E-state index in [1.807, 2.05) is 16.3 Å². The van der Waals surface area contributed by atoms with Crippen molar-refractivity contribution in [2.75, 3.05) is 32.7 Å². The van der Waals surface area contributed by atoms with Gasteiger partial charge in [-0.15, -0.1) is 11.3 Å². The Morgan fingerprint density at radius 3 is 2.54 bits per heavy atom. The second kappa shape index (κ2) is 7.21. The Morgan fingerprint density at radius 2 is 1.85 bits per heavy atom. The molecule has 1 saturated heterocycles. The number of carbonyl (C=O) groups is 1. The van der Waals surface area contributed by atoms with Gasteiger partial charge in [-0.05, 0) is 41.8 Å². The van der Waals surface area contributed by atoms with E-state index in [4.69, 9.17) is 0 Å². The van der Waals surface area contributed by atoms with E-state index in [0.29, 0.717) is 6.54 Å². The summed E-state index contributed by atoms with van der Waals surface area (Å²) in [6.45, 7) is 7.13. The van der Waals surface area contributed by atoms with Gasteiger partial charge in [-0.1, -0.05) is 19.1 Å². The Hall–Kier alpha value is -2.18. The summed E-state index contributed by atoms with van der Waals surface area (Å²) in [5, 5.41) is 2.04. The minimum Gasteiger partial charge on any atom is -0.335 e. The van der Waals surface area contributed by atoms with Crippen LogP contribution in [0, 0.1) is 5.82 Å². The third-order valence-electron chi connectivity index (χ3n) is 5.10. The van der Waals surface area contributed by atoms with Crippen LogP contribution >= 0.6 is 11.3 Å². The molecule has 6 heteroatoms. The summed E-state index contributed by atoms with van der Waals surface area (Å²) in [6.07, 6.45) is 0. The van der Waals surface area contributed by atoms with Crippen molar-refractivity contribution in [2.45, 2.75) is 13.5 Å². The zero-order valence-corrected chi connectivity index (χ0v) is 15.6. The Balaban J connectivity index is 1.63. The highest BCUT2D eigenvalue weighted by Gasteiger charge is 2.25. The van der Waals surface area contributed by atoms with Gasteiger partial charge >= 0.3 is 0 Å². The van der Waals surface area contributed by atoms with Gasteiger partial charge in [-0.3, -0.25) is 4.79 Å². The molecule has 4 rings (SSSR count). The van der Waals surface area contributed by atoms with Gasteiger partial charge in [0.15, 0.2) is 0 Å². The molecule has 1 aromatic carbocycles. The van der Waals surface area contributed by atoms with Gasteiger partial charge in [0.25, 0.3) is 5.91 Å². The second-order valence-corrected chi connectivity index (χ2v) is 7.59. The molecular formula is C20H22FN3OS. The smallest absolute Gasteiger partial charge is 0.270 e. The van der Waals surface area contributed by atoms with Crippen molar-refractivity contribution >= 4 is 27.5 Å². The number of carbonyl (C=O) groups excluding carboxylic acids is 1. The topological polar surface area (TPSA) is 28.5 Å². The maximum absolute atomic E-state index is 13.2. The Bertz CT molecular complexity index is 907. The number of fused-ring (bicyclic) bond motifs is 1. The van der Waals surface area contributed by atoms with Crippen LogP contribution in [0.2, 0.25) is 0 Å². The number of benzene rings is 1. The highest BCUT2D eigenvalue weighted by Crippen LogP contribution is 2.27. The lowest BCUT2D eigenvalue weighted by atomic mass is 10.2. The molecule has 0 N–H and O–H groups in total. The van der Waals surface area contributed by atoms with E-state index in [0.717, 1.165) is 54.2 Å². The molecule has 136 valence electrons. The fraction of sp³-hybridized carbons (Fsp3) is 0.350. The number of hydrogen-bond donors (Lipinski definition) is 0. The van der Waals surface area contributed by atoms with E-state index in [9.17, 15) is 9.18 Å². The Kier molecular flexibility index (Phi) is 4.78. The largest absolute Gasteiger partial charge is 0.335 e. The standard InChI is InChI=1S/C20H22FN3OS/c1-2-22-8-10-23(11-9-22)20(25)18-13-19-17(7-12-26-19)24(18)14-15-3-5-16(21)6-4-15/h3-7,12-13H,2,8-11,14H2,1H3.